The molecular weight excluding hydrogens is 140 g/mol. The molecule has 0 amide bonds. The lowest BCUT2D eigenvalue weighted by molar-refractivity contribution is 0.101. The number of carbonyl (C=O) groups excluding carboxylic acids is 1. The van der Waals surface area contributed by atoms with E-state index in [9.17, 15) is 4.79 Å². The van der Waals surface area contributed by atoms with Gasteiger partial charge in [0.2, 0.25) is 0 Å². The maximum absolute atomic E-state index is 10.9. The maximum Gasteiger partial charge on any atom is 0.163 e. The van der Waals surface area contributed by atoms with Crippen LogP contribution in [0.15, 0.2) is 6.20 Å². The van der Waals surface area contributed by atoms with Gasteiger partial charge in [0.25, 0.3) is 0 Å². The molecule has 0 spiro atoms. The zero-order chi connectivity index (χ0) is 8.27. The number of rotatable bonds is 3. The SMILES string of the molecule is CCCc1[nH]ncc1C(C)=O. The number of ketones is 1. The predicted molar refractivity (Wildman–Crippen MR) is 42.6 cm³/mol. The predicted octanol–water partition coefficient (Wildman–Crippen LogP) is 1.56. The summed E-state index contributed by atoms with van der Waals surface area (Å²) in [6, 6.07) is 0. The van der Waals surface area contributed by atoms with E-state index in [-0.39, 0.29) is 5.78 Å². The summed E-state index contributed by atoms with van der Waals surface area (Å²) in [5.74, 6) is 0.0854. The molecule has 1 N–H and O–H groups in total. The third-order valence-electron chi connectivity index (χ3n) is 1.60. The number of nitrogens with zero attached hydrogens (tertiary/aromatic N) is 1. The first-order valence-corrected chi connectivity index (χ1v) is 3.79. The van der Waals surface area contributed by atoms with Gasteiger partial charge in [-0.05, 0) is 13.3 Å². The lowest BCUT2D eigenvalue weighted by Crippen LogP contribution is -1.96. The second-order valence-corrected chi connectivity index (χ2v) is 2.57. The van der Waals surface area contributed by atoms with Crippen molar-refractivity contribution in [2.24, 2.45) is 0 Å². The Bertz CT molecular complexity index is 252. The Morgan fingerprint density at radius 1 is 1.73 bits per heavy atom. The van der Waals surface area contributed by atoms with Crippen molar-refractivity contribution in [3.8, 4) is 0 Å². The molecule has 3 nitrogen and oxygen atoms in total. The van der Waals surface area contributed by atoms with Gasteiger partial charge in [0.15, 0.2) is 5.78 Å². The summed E-state index contributed by atoms with van der Waals surface area (Å²) in [5.41, 5.74) is 1.69. The van der Waals surface area contributed by atoms with Crippen LogP contribution < -0.4 is 0 Å². The maximum atomic E-state index is 10.9. The van der Waals surface area contributed by atoms with E-state index < -0.39 is 0 Å². The van der Waals surface area contributed by atoms with Crippen molar-refractivity contribution >= 4 is 5.78 Å². The van der Waals surface area contributed by atoms with Gasteiger partial charge < -0.3 is 0 Å². The average molecular weight is 152 g/mol. The first-order valence-electron chi connectivity index (χ1n) is 3.79. The average Bonchev–Trinajstić information content (AvgIpc) is 2.36. The highest BCUT2D eigenvalue weighted by atomic mass is 16.1. The highest BCUT2D eigenvalue weighted by Gasteiger charge is 2.07. The number of hydrogen-bond donors (Lipinski definition) is 1. The zero-order valence-electron chi connectivity index (χ0n) is 6.85. The standard InChI is InChI=1S/C8H12N2O/c1-3-4-8-7(6(2)11)5-9-10-8/h5H,3-4H2,1-2H3,(H,9,10). The number of carbonyl (C=O) groups is 1. The molecule has 60 valence electrons. The van der Waals surface area contributed by atoms with Crippen LogP contribution in [0, 0.1) is 0 Å². The topological polar surface area (TPSA) is 45.8 Å². The van der Waals surface area contributed by atoms with Crippen LogP contribution in [0.3, 0.4) is 0 Å². The van der Waals surface area contributed by atoms with Gasteiger partial charge in [-0.2, -0.15) is 5.10 Å². The summed E-state index contributed by atoms with van der Waals surface area (Å²) in [6.45, 7) is 3.63. The molecule has 0 aromatic carbocycles. The van der Waals surface area contributed by atoms with Crippen molar-refractivity contribution in [2.45, 2.75) is 26.7 Å². The molecule has 1 aromatic heterocycles. The molecule has 1 aromatic rings. The fourth-order valence-corrected chi connectivity index (χ4v) is 1.06. The van der Waals surface area contributed by atoms with E-state index in [2.05, 4.69) is 17.1 Å². The molecule has 0 fully saturated rings. The molecule has 0 radical (unpaired) electrons. The fraction of sp³-hybridized carbons (Fsp3) is 0.500. The van der Waals surface area contributed by atoms with E-state index in [0.29, 0.717) is 0 Å². The monoisotopic (exact) mass is 152 g/mol. The van der Waals surface area contributed by atoms with Crippen LogP contribution in [0.4, 0.5) is 0 Å². The van der Waals surface area contributed by atoms with Crippen molar-refractivity contribution in [1.82, 2.24) is 10.2 Å². The van der Waals surface area contributed by atoms with Gasteiger partial charge in [-0.3, -0.25) is 9.89 Å². The van der Waals surface area contributed by atoms with Crippen molar-refractivity contribution in [2.75, 3.05) is 0 Å². The summed E-state index contributed by atoms with van der Waals surface area (Å²) in [5, 5.41) is 6.63. The van der Waals surface area contributed by atoms with Crippen LogP contribution in [-0.2, 0) is 6.42 Å². The van der Waals surface area contributed by atoms with Crippen LogP contribution in [0.1, 0.15) is 36.3 Å². The van der Waals surface area contributed by atoms with E-state index in [4.69, 9.17) is 0 Å². The summed E-state index contributed by atoms with van der Waals surface area (Å²) < 4.78 is 0. The Balaban J connectivity index is 2.87. The van der Waals surface area contributed by atoms with Gasteiger partial charge in [0, 0.05) is 5.69 Å². The minimum atomic E-state index is 0.0854. The Morgan fingerprint density at radius 3 is 3.00 bits per heavy atom. The largest absolute Gasteiger partial charge is 0.294 e. The van der Waals surface area contributed by atoms with Crippen LogP contribution >= 0.6 is 0 Å². The quantitative estimate of drug-likeness (QED) is 0.668. The first-order chi connectivity index (χ1) is 5.25. The van der Waals surface area contributed by atoms with Gasteiger partial charge in [-0.1, -0.05) is 13.3 Å². The summed E-state index contributed by atoms with van der Waals surface area (Å²) in [4.78, 5) is 10.9. The molecule has 0 unspecified atom stereocenters. The van der Waals surface area contributed by atoms with Crippen LogP contribution in [-0.4, -0.2) is 16.0 Å². The third-order valence-corrected chi connectivity index (χ3v) is 1.60. The highest BCUT2D eigenvalue weighted by Crippen LogP contribution is 2.07. The van der Waals surface area contributed by atoms with E-state index in [1.807, 2.05) is 0 Å². The highest BCUT2D eigenvalue weighted by molar-refractivity contribution is 5.94. The van der Waals surface area contributed by atoms with Gasteiger partial charge in [0.1, 0.15) is 0 Å². The molecule has 0 atom stereocenters. The van der Waals surface area contributed by atoms with Gasteiger partial charge in [-0.25, -0.2) is 0 Å². The molecule has 0 saturated heterocycles. The van der Waals surface area contributed by atoms with E-state index >= 15 is 0 Å². The number of nitrogens with one attached hydrogen (secondary N) is 1. The smallest absolute Gasteiger partial charge is 0.163 e. The Labute approximate surface area is 65.8 Å². The molecule has 11 heavy (non-hydrogen) atoms. The molecule has 3 heteroatoms. The zero-order valence-corrected chi connectivity index (χ0v) is 6.85. The lowest BCUT2D eigenvalue weighted by atomic mass is 10.1. The van der Waals surface area contributed by atoms with Crippen LogP contribution in [0.25, 0.3) is 0 Å². The molecule has 0 aliphatic carbocycles. The second-order valence-electron chi connectivity index (χ2n) is 2.57. The minimum Gasteiger partial charge on any atom is -0.294 e. The van der Waals surface area contributed by atoms with Gasteiger partial charge >= 0.3 is 0 Å². The lowest BCUT2D eigenvalue weighted by Gasteiger charge is -1.94. The van der Waals surface area contributed by atoms with Gasteiger partial charge in [-0.15, -0.1) is 0 Å². The number of H-pyrrole nitrogens is 1. The van der Waals surface area contributed by atoms with E-state index in [1.54, 1.807) is 13.1 Å². The van der Waals surface area contributed by atoms with Crippen molar-refractivity contribution < 1.29 is 4.79 Å². The normalized spacial score (nSPS) is 10.0. The Morgan fingerprint density at radius 2 is 2.45 bits per heavy atom. The summed E-state index contributed by atoms with van der Waals surface area (Å²) >= 11 is 0. The number of aromatic nitrogens is 2. The van der Waals surface area contributed by atoms with Gasteiger partial charge in [0.05, 0.1) is 11.8 Å². The van der Waals surface area contributed by atoms with Crippen LogP contribution in [0.5, 0.6) is 0 Å². The second kappa shape index (κ2) is 3.32. The van der Waals surface area contributed by atoms with Crippen molar-refractivity contribution in [3.05, 3.63) is 17.5 Å². The van der Waals surface area contributed by atoms with E-state index in [0.717, 1.165) is 24.1 Å². The molecule has 1 rings (SSSR count). The molecule has 0 aliphatic heterocycles. The van der Waals surface area contributed by atoms with E-state index in [1.165, 1.54) is 0 Å². The van der Waals surface area contributed by atoms with Crippen molar-refractivity contribution in [1.29, 1.82) is 0 Å². The summed E-state index contributed by atoms with van der Waals surface area (Å²) in [6.07, 6.45) is 3.52. The Hall–Kier alpha value is -1.12. The molecule has 0 saturated carbocycles. The third kappa shape index (κ3) is 1.67. The molecule has 0 aliphatic rings. The number of Topliss-reactive ketones (excluding diaryl/α,β-unsaturated/α-hetero) is 1. The fourth-order valence-electron chi connectivity index (χ4n) is 1.06. The van der Waals surface area contributed by atoms with Crippen LogP contribution in [0.2, 0.25) is 0 Å². The molecule has 0 bridgehead atoms. The molecule has 1 heterocycles. The molecular formula is C8H12N2O. The Kier molecular flexibility index (Phi) is 2.41. The number of aryl methyl sites for hydroxylation is 1. The number of hydrogen-bond acceptors (Lipinski definition) is 2. The van der Waals surface area contributed by atoms with Crippen molar-refractivity contribution in [3.63, 3.8) is 0 Å². The summed E-state index contributed by atoms with van der Waals surface area (Å²) in [7, 11) is 0. The number of aromatic amines is 1. The first kappa shape index (κ1) is 7.98. The minimum absolute atomic E-state index is 0.0854.